The van der Waals surface area contributed by atoms with Crippen molar-refractivity contribution in [3.8, 4) is 0 Å². The number of carbonyl (C=O) groups is 1. The summed E-state index contributed by atoms with van der Waals surface area (Å²) in [4.78, 5) is 23.7. The first kappa shape index (κ1) is 13.5. The van der Waals surface area contributed by atoms with Crippen molar-refractivity contribution in [1.29, 1.82) is 0 Å². The Balaban J connectivity index is 1.86. The van der Waals surface area contributed by atoms with Gasteiger partial charge in [0.25, 0.3) is 0 Å². The minimum Gasteiger partial charge on any atom is -0.322 e. The number of hydrogen-bond donors (Lipinski definition) is 1. The van der Waals surface area contributed by atoms with E-state index in [9.17, 15) is 14.0 Å². The third kappa shape index (κ3) is 2.71. The van der Waals surface area contributed by atoms with Crippen LogP contribution in [0.15, 0.2) is 53.3 Å². The highest BCUT2D eigenvalue weighted by Crippen LogP contribution is 2.17. The predicted molar refractivity (Wildman–Crippen MR) is 81.1 cm³/mol. The van der Waals surface area contributed by atoms with Gasteiger partial charge in [0, 0.05) is 0 Å². The molecule has 0 spiro atoms. The maximum atomic E-state index is 13.5. The van der Waals surface area contributed by atoms with Gasteiger partial charge >= 0.3 is 4.87 Å². The molecule has 2 aromatic carbocycles. The molecule has 21 heavy (non-hydrogen) atoms. The van der Waals surface area contributed by atoms with Gasteiger partial charge in [0.1, 0.15) is 12.4 Å². The standard InChI is InChI=1S/C15H11FN2O2S/c16-10-5-1-2-6-11(10)17-14(19)9-18-12-7-3-4-8-13(12)21-15(18)20/h1-8H,9H2,(H,17,19). The number of rotatable bonds is 3. The summed E-state index contributed by atoms with van der Waals surface area (Å²) >= 11 is 1.08. The number of fused-ring (bicyclic) bond motifs is 1. The SMILES string of the molecule is O=C(Cn1c(=O)sc2ccccc21)Nc1ccccc1F. The van der Waals surface area contributed by atoms with E-state index in [1.165, 1.54) is 16.7 Å². The van der Waals surface area contributed by atoms with Crippen LogP contribution >= 0.6 is 11.3 Å². The van der Waals surface area contributed by atoms with Crippen LogP contribution in [0.4, 0.5) is 10.1 Å². The first-order valence-corrected chi connectivity index (χ1v) is 7.09. The minimum absolute atomic E-state index is 0.107. The van der Waals surface area contributed by atoms with Crippen LogP contribution in [0, 0.1) is 5.82 Å². The molecular formula is C15H11FN2O2S. The normalized spacial score (nSPS) is 10.7. The zero-order valence-corrected chi connectivity index (χ0v) is 11.7. The summed E-state index contributed by atoms with van der Waals surface area (Å²) in [5, 5.41) is 2.47. The summed E-state index contributed by atoms with van der Waals surface area (Å²) in [7, 11) is 0. The fraction of sp³-hybridized carbons (Fsp3) is 0.0667. The predicted octanol–water partition coefficient (Wildman–Crippen LogP) is 2.84. The van der Waals surface area contributed by atoms with Crippen molar-refractivity contribution in [2.75, 3.05) is 5.32 Å². The Labute approximate surface area is 123 Å². The average molecular weight is 302 g/mol. The molecule has 0 aliphatic rings. The lowest BCUT2D eigenvalue weighted by Crippen LogP contribution is -2.24. The van der Waals surface area contributed by atoms with Gasteiger partial charge < -0.3 is 5.32 Å². The summed E-state index contributed by atoms with van der Waals surface area (Å²) < 4.78 is 15.7. The van der Waals surface area contributed by atoms with Gasteiger partial charge in [0.2, 0.25) is 5.91 Å². The molecule has 0 unspecified atom stereocenters. The molecule has 4 nitrogen and oxygen atoms in total. The summed E-state index contributed by atoms with van der Waals surface area (Å²) in [6.07, 6.45) is 0. The van der Waals surface area contributed by atoms with Gasteiger partial charge in [-0.25, -0.2) is 4.39 Å². The Morgan fingerprint density at radius 2 is 1.86 bits per heavy atom. The van der Waals surface area contributed by atoms with Gasteiger partial charge in [-0.2, -0.15) is 0 Å². The van der Waals surface area contributed by atoms with Crippen molar-refractivity contribution in [2.45, 2.75) is 6.54 Å². The lowest BCUT2D eigenvalue weighted by Gasteiger charge is -2.07. The van der Waals surface area contributed by atoms with Crippen LogP contribution in [0.1, 0.15) is 0 Å². The summed E-state index contributed by atoms with van der Waals surface area (Å²) in [5.74, 6) is -0.945. The average Bonchev–Trinajstić information content (AvgIpc) is 2.78. The Bertz CT molecular complexity index is 869. The Morgan fingerprint density at radius 3 is 2.67 bits per heavy atom. The number of amides is 1. The highest BCUT2D eigenvalue weighted by atomic mass is 32.1. The lowest BCUT2D eigenvalue weighted by molar-refractivity contribution is -0.116. The van der Waals surface area contributed by atoms with E-state index in [0.29, 0.717) is 5.52 Å². The molecule has 0 aliphatic heterocycles. The van der Waals surface area contributed by atoms with Crippen molar-refractivity contribution < 1.29 is 9.18 Å². The Hall–Kier alpha value is -2.47. The van der Waals surface area contributed by atoms with Gasteiger partial charge in [-0.05, 0) is 24.3 Å². The van der Waals surface area contributed by atoms with E-state index in [2.05, 4.69) is 5.32 Å². The maximum Gasteiger partial charge on any atom is 0.308 e. The molecule has 1 N–H and O–H groups in total. The summed E-state index contributed by atoms with van der Waals surface area (Å²) in [6.45, 7) is -0.142. The summed E-state index contributed by atoms with van der Waals surface area (Å²) in [6, 6.07) is 13.2. The van der Waals surface area contributed by atoms with Gasteiger partial charge in [-0.15, -0.1) is 0 Å². The van der Waals surface area contributed by atoms with Gasteiger partial charge in [-0.1, -0.05) is 35.6 Å². The number of thiazole rings is 1. The second kappa shape index (κ2) is 5.49. The molecule has 3 rings (SSSR count). The van der Waals surface area contributed by atoms with E-state index in [1.807, 2.05) is 12.1 Å². The van der Waals surface area contributed by atoms with Crippen LogP contribution in [0.5, 0.6) is 0 Å². The molecular weight excluding hydrogens is 291 g/mol. The molecule has 0 atom stereocenters. The van der Waals surface area contributed by atoms with Gasteiger partial charge in [0.15, 0.2) is 0 Å². The number of halogens is 1. The smallest absolute Gasteiger partial charge is 0.308 e. The molecule has 0 bridgehead atoms. The van der Waals surface area contributed by atoms with Crippen molar-refractivity contribution in [3.05, 3.63) is 64.0 Å². The topological polar surface area (TPSA) is 51.1 Å². The van der Waals surface area contributed by atoms with Crippen LogP contribution in [-0.4, -0.2) is 10.5 Å². The van der Waals surface area contributed by atoms with Crippen molar-refractivity contribution in [2.24, 2.45) is 0 Å². The van der Waals surface area contributed by atoms with E-state index < -0.39 is 11.7 Å². The molecule has 0 saturated carbocycles. The zero-order chi connectivity index (χ0) is 14.8. The van der Waals surface area contributed by atoms with E-state index in [4.69, 9.17) is 0 Å². The highest BCUT2D eigenvalue weighted by molar-refractivity contribution is 7.16. The van der Waals surface area contributed by atoms with E-state index in [0.717, 1.165) is 16.0 Å². The number of hydrogen-bond acceptors (Lipinski definition) is 3. The van der Waals surface area contributed by atoms with Crippen LogP contribution in [0.2, 0.25) is 0 Å². The zero-order valence-electron chi connectivity index (χ0n) is 10.9. The van der Waals surface area contributed by atoms with Crippen LogP contribution in [0.3, 0.4) is 0 Å². The highest BCUT2D eigenvalue weighted by Gasteiger charge is 2.12. The van der Waals surface area contributed by atoms with Crippen LogP contribution < -0.4 is 10.2 Å². The van der Waals surface area contributed by atoms with Crippen LogP contribution in [-0.2, 0) is 11.3 Å². The molecule has 1 heterocycles. The maximum absolute atomic E-state index is 13.5. The fourth-order valence-electron chi connectivity index (χ4n) is 2.06. The molecule has 1 amide bonds. The van der Waals surface area contributed by atoms with Crippen molar-refractivity contribution in [3.63, 3.8) is 0 Å². The Kier molecular flexibility index (Phi) is 3.53. The van der Waals surface area contributed by atoms with E-state index >= 15 is 0 Å². The molecule has 0 radical (unpaired) electrons. The van der Waals surface area contributed by atoms with E-state index in [1.54, 1.807) is 24.3 Å². The number of carbonyl (C=O) groups excluding carboxylic acids is 1. The molecule has 0 fully saturated rings. The van der Waals surface area contributed by atoms with E-state index in [-0.39, 0.29) is 17.1 Å². The first-order valence-electron chi connectivity index (χ1n) is 6.28. The lowest BCUT2D eigenvalue weighted by atomic mass is 10.3. The summed E-state index contributed by atoms with van der Waals surface area (Å²) in [5.41, 5.74) is 0.811. The monoisotopic (exact) mass is 302 g/mol. The second-order valence-electron chi connectivity index (χ2n) is 4.45. The van der Waals surface area contributed by atoms with Crippen molar-refractivity contribution >= 4 is 33.1 Å². The molecule has 1 aromatic heterocycles. The first-order chi connectivity index (χ1) is 10.1. The van der Waals surface area contributed by atoms with Crippen LogP contribution in [0.25, 0.3) is 10.2 Å². The second-order valence-corrected chi connectivity index (χ2v) is 5.44. The molecule has 0 saturated heterocycles. The number of para-hydroxylation sites is 2. The third-order valence-electron chi connectivity index (χ3n) is 3.02. The van der Waals surface area contributed by atoms with Gasteiger partial charge in [-0.3, -0.25) is 14.2 Å². The number of benzene rings is 2. The fourth-order valence-corrected chi connectivity index (χ4v) is 2.95. The molecule has 106 valence electrons. The Morgan fingerprint density at radius 1 is 1.14 bits per heavy atom. The number of nitrogens with one attached hydrogen (secondary N) is 1. The quantitative estimate of drug-likeness (QED) is 0.809. The third-order valence-corrected chi connectivity index (χ3v) is 3.98. The minimum atomic E-state index is -0.506. The number of nitrogens with zero attached hydrogens (tertiary/aromatic N) is 1. The van der Waals surface area contributed by atoms with Gasteiger partial charge in [0.05, 0.1) is 15.9 Å². The molecule has 3 aromatic rings. The largest absolute Gasteiger partial charge is 0.322 e. The molecule has 6 heteroatoms. The van der Waals surface area contributed by atoms with Crippen molar-refractivity contribution in [1.82, 2.24) is 4.57 Å². The molecule has 0 aliphatic carbocycles. The number of anilines is 1. The number of aromatic nitrogens is 1.